The second-order valence-corrected chi connectivity index (χ2v) is 6.86. The summed E-state index contributed by atoms with van der Waals surface area (Å²) in [7, 11) is 0. The van der Waals surface area contributed by atoms with Gasteiger partial charge in [0.05, 0.1) is 18.9 Å². The Labute approximate surface area is 193 Å². The molecule has 0 heterocycles. The SMILES string of the molecule is CCOc1cc(/C=N\NC(=O)[C@H](C#N)c2ccccc2)ccc1OCCOc1ccccc1. The van der Waals surface area contributed by atoms with Crippen molar-refractivity contribution in [1.82, 2.24) is 5.43 Å². The summed E-state index contributed by atoms with van der Waals surface area (Å²) in [4.78, 5) is 12.3. The first-order chi connectivity index (χ1) is 16.2. The van der Waals surface area contributed by atoms with Crippen LogP contribution < -0.4 is 19.6 Å². The Bertz CT molecular complexity index is 1100. The highest BCUT2D eigenvalue weighted by Gasteiger charge is 2.19. The molecule has 0 saturated carbocycles. The first kappa shape index (κ1) is 23.4. The average Bonchev–Trinajstić information content (AvgIpc) is 2.85. The Morgan fingerprint density at radius 3 is 2.36 bits per heavy atom. The van der Waals surface area contributed by atoms with E-state index in [9.17, 15) is 10.1 Å². The van der Waals surface area contributed by atoms with E-state index in [4.69, 9.17) is 14.2 Å². The normalized spacial score (nSPS) is 11.4. The molecule has 1 amide bonds. The Morgan fingerprint density at radius 1 is 0.970 bits per heavy atom. The maximum Gasteiger partial charge on any atom is 0.261 e. The Morgan fingerprint density at radius 2 is 1.67 bits per heavy atom. The number of nitriles is 1. The van der Waals surface area contributed by atoms with E-state index in [1.165, 1.54) is 6.21 Å². The number of benzene rings is 3. The number of hydrazone groups is 1. The molecule has 0 aliphatic rings. The summed E-state index contributed by atoms with van der Waals surface area (Å²) in [5.74, 6) is 0.500. The lowest BCUT2D eigenvalue weighted by Crippen LogP contribution is -2.24. The van der Waals surface area contributed by atoms with Crippen LogP contribution in [0.15, 0.2) is 84.0 Å². The van der Waals surface area contributed by atoms with Gasteiger partial charge in [-0.05, 0) is 48.4 Å². The fourth-order valence-corrected chi connectivity index (χ4v) is 2.99. The van der Waals surface area contributed by atoms with Gasteiger partial charge in [0.1, 0.15) is 19.0 Å². The van der Waals surface area contributed by atoms with E-state index in [-0.39, 0.29) is 0 Å². The number of nitrogens with zero attached hydrogens (tertiary/aromatic N) is 2. The van der Waals surface area contributed by atoms with E-state index in [1.807, 2.05) is 49.4 Å². The monoisotopic (exact) mass is 443 g/mol. The first-order valence-electron chi connectivity index (χ1n) is 10.6. The van der Waals surface area contributed by atoms with Crippen LogP contribution in [0.1, 0.15) is 24.0 Å². The van der Waals surface area contributed by atoms with Crippen LogP contribution in [-0.4, -0.2) is 31.9 Å². The molecule has 0 aromatic heterocycles. The molecule has 1 atom stereocenters. The zero-order valence-corrected chi connectivity index (χ0v) is 18.3. The van der Waals surface area contributed by atoms with Crippen LogP contribution in [0.4, 0.5) is 0 Å². The van der Waals surface area contributed by atoms with Gasteiger partial charge in [0, 0.05) is 0 Å². The van der Waals surface area contributed by atoms with Crippen molar-refractivity contribution in [2.45, 2.75) is 12.8 Å². The molecule has 7 nitrogen and oxygen atoms in total. The van der Waals surface area contributed by atoms with E-state index in [1.54, 1.807) is 42.5 Å². The predicted molar refractivity (Wildman–Crippen MR) is 126 cm³/mol. The quantitative estimate of drug-likeness (QED) is 0.271. The lowest BCUT2D eigenvalue weighted by molar-refractivity contribution is -0.121. The summed E-state index contributed by atoms with van der Waals surface area (Å²) in [5.41, 5.74) is 3.75. The minimum atomic E-state index is -0.934. The number of carbonyl (C=O) groups is 1. The van der Waals surface area contributed by atoms with E-state index in [0.29, 0.717) is 42.4 Å². The van der Waals surface area contributed by atoms with Crippen molar-refractivity contribution in [2.75, 3.05) is 19.8 Å². The molecule has 0 spiro atoms. The van der Waals surface area contributed by atoms with Crippen molar-refractivity contribution in [3.8, 4) is 23.3 Å². The first-order valence-corrected chi connectivity index (χ1v) is 10.6. The highest BCUT2D eigenvalue weighted by Crippen LogP contribution is 2.28. The molecule has 0 radical (unpaired) electrons. The average molecular weight is 444 g/mol. The Hall–Kier alpha value is -4.31. The van der Waals surface area contributed by atoms with Gasteiger partial charge in [-0.15, -0.1) is 0 Å². The lowest BCUT2D eigenvalue weighted by Gasteiger charge is -2.13. The van der Waals surface area contributed by atoms with E-state index in [2.05, 4.69) is 10.5 Å². The van der Waals surface area contributed by atoms with Crippen molar-refractivity contribution >= 4 is 12.1 Å². The number of ether oxygens (including phenoxy) is 3. The summed E-state index contributed by atoms with van der Waals surface area (Å²) < 4.78 is 17.1. The van der Waals surface area contributed by atoms with Gasteiger partial charge < -0.3 is 14.2 Å². The standard InChI is InChI=1S/C26H25N3O4/c1-2-31-25-17-20(13-14-24(25)33-16-15-32-22-11-7-4-8-12-22)19-28-29-26(30)23(18-27)21-9-5-3-6-10-21/h3-14,17,19,23H,2,15-16H2,1H3,(H,29,30)/b28-19-/t23-/m1/s1. The van der Waals surface area contributed by atoms with Crippen molar-refractivity contribution in [3.05, 3.63) is 90.0 Å². The molecule has 0 aliphatic heterocycles. The van der Waals surface area contributed by atoms with Gasteiger partial charge in [0.25, 0.3) is 5.91 Å². The van der Waals surface area contributed by atoms with Crippen LogP contribution in [0, 0.1) is 11.3 Å². The molecule has 1 N–H and O–H groups in total. The largest absolute Gasteiger partial charge is 0.490 e. The molecule has 0 aliphatic carbocycles. The number of rotatable bonds is 11. The molecule has 0 unspecified atom stereocenters. The van der Waals surface area contributed by atoms with Crippen molar-refractivity contribution in [2.24, 2.45) is 5.10 Å². The lowest BCUT2D eigenvalue weighted by atomic mass is 10.0. The number of para-hydroxylation sites is 1. The smallest absolute Gasteiger partial charge is 0.261 e. The third kappa shape index (κ3) is 7.11. The zero-order valence-electron chi connectivity index (χ0n) is 18.3. The molecular formula is C26H25N3O4. The summed E-state index contributed by atoms with van der Waals surface area (Å²) in [6.07, 6.45) is 1.49. The summed E-state index contributed by atoms with van der Waals surface area (Å²) >= 11 is 0. The molecule has 0 fully saturated rings. The number of amides is 1. The van der Waals surface area contributed by atoms with Gasteiger partial charge >= 0.3 is 0 Å². The van der Waals surface area contributed by atoms with Gasteiger partial charge in [-0.1, -0.05) is 48.5 Å². The minimum Gasteiger partial charge on any atom is -0.490 e. The fourth-order valence-electron chi connectivity index (χ4n) is 2.99. The third-order valence-corrected chi connectivity index (χ3v) is 4.53. The molecule has 33 heavy (non-hydrogen) atoms. The van der Waals surface area contributed by atoms with Crippen LogP contribution in [0.25, 0.3) is 0 Å². The van der Waals surface area contributed by atoms with E-state index in [0.717, 1.165) is 5.75 Å². The molecule has 0 saturated heterocycles. The molecule has 3 aromatic carbocycles. The Kier molecular flexibility index (Phi) is 8.86. The van der Waals surface area contributed by atoms with E-state index >= 15 is 0 Å². The highest BCUT2D eigenvalue weighted by molar-refractivity contribution is 5.88. The van der Waals surface area contributed by atoms with Gasteiger partial charge in [-0.2, -0.15) is 10.4 Å². The van der Waals surface area contributed by atoms with Gasteiger partial charge in [0.15, 0.2) is 17.4 Å². The summed E-state index contributed by atoms with van der Waals surface area (Å²) in [5, 5.41) is 13.3. The van der Waals surface area contributed by atoms with Crippen LogP contribution in [-0.2, 0) is 4.79 Å². The van der Waals surface area contributed by atoms with Gasteiger partial charge in [0.2, 0.25) is 0 Å². The van der Waals surface area contributed by atoms with Crippen LogP contribution in [0.3, 0.4) is 0 Å². The van der Waals surface area contributed by atoms with Crippen molar-refractivity contribution in [3.63, 3.8) is 0 Å². The number of hydrogen-bond donors (Lipinski definition) is 1. The van der Waals surface area contributed by atoms with Crippen LogP contribution in [0.2, 0.25) is 0 Å². The fraction of sp³-hybridized carbons (Fsp3) is 0.192. The minimum absolute atomic E-state index is 0.355. The molecular weight excluding hydrogens is 418 g/mol. The number of hydrogen-bond acceptors (Lipinski definition) is 6. The maximum atomic E-state index is 12.3. The second kappa shape index (κ2) is 12.5. The molecule has 3 rings (SSSR count). The third-order valence-electron chi connectivity index (χ3n) is 4.53. The van der Waals surface area contributed by atoms with Gasteiger partial charge in [-0.25, -0.2) is 5.43 Å². The molecule has 3 aromatic rings. The van der Waals surface area contributed by atoms with Gasteiger partial charge in [-0.3, -0.25) is 4.79 Å². The molecule has 7 heteroatoms. The molecule has 0 bridgehead atoms. The summed E-state index contributed by atoms with van der Waals surface area (Å²) in [6.45, 7) is 3.10. The molecule has 168 valence electrons. The predicted octanol–water partition coefficient (Wildman–Crippen LogP) is 4.30. The zero-order chi connectivity index (χ0) is 23.3. The number of carbonyl (C=O) groups excluding carboxylic acids is 1. The van der Waals surface area contributed by atoms with Crippen LogP contribution in [0.5, 0.6) is 17.2 Å². The maximum absolute atomic E-state index is 12.3. The second-order valence-electron chi connectivity index (χ2n) is 6.86. The van der Waals surface area contributed by atoms with E-state index < -0.39 is 11.8 Å². The topological polar surface area (TPSA) is 92.9 Å². The highest BCUT2D eigenvalue weighted by atomic mass is 16.5. The van der Waals surface area contributed by atoms with Crippen molar-refractivity contribution in [1.29, 1.82) is 5.26 Å². The van der Waals surface area contributed by atoms with Crippen molar-refractivity contribution < 1.29 is 19.0 Å². The number of nitrogens with one attached hydrogen (secondary N) is 1. The summed E-state index contributed by atoms with van der Waals surface area (Å²) in [6, 6.07) is 25.7. The Balaban J connectivity index is 1.57. The van der Waals surface area contributed by atoms with Crippen LogP contribution >= 0.6 is 0 Å².